The van der Waals surface area contributed by atoms with Crippen molar-refractivity contribution in [2.45, 2.75) is 6.42 Å². The van der Waals surface area contributed by atoms with E-state index in [0.29, 0.717) is 12.5 Å². The Kier molecular flexibility index (Phi) is 3.56. The number of hydrogen-bond donors (Lipinski definition) is 2. The molecule has 0 fully saturated rings. The Morgan fingerprint density at radius 2 is 2.22 bits per heavy atom. The van der Waals surface area contributed by atoms with Crippen LogP contribution in [0.4, 0.5) is 11.9 Å². The fraction of sp³-hybridized carbons (Fsp3) is 0.400. The molecule has 3 N–H and O–H groups in total. The van der Waals surface area contributed by atoms with Crippen molar-refractivity contribution in [3.8, 4) is 6.01 Å². The molecule has 0 amide bonds. The van der Waals surface area contributed by atoms with Crippen molar-refractivity contribution in [3.63, 3.8) is 0 Å². The molecule has 2 heterocycles. The molecule has 0 saturated carbocycles. The lowest BCUT2D eigenvalue weighted by Gasteiger charge is -2.06. The summed E-state index contributed by atoms with van der Waals surface area (Å²) in [6.45, 7) is 0.673. The molecule has 0 bridgehead atoms. The van der Waals surface area contributed by atoms with Crippen molar-refractivity contribution in [3.05, 3.63) is 18.0 Å². The van der Waals surface area contributed by atoms with Gasteiger partial charge in [-0.05, 0) is 6.07 Å². The van der Waals surface area contributed by atoms with Gasteiger partial charge in [0.05, 0.1) is 7.11 Å². The Labute approximate surface area is 104 Å². The van der Waals surface area contributed by atoms with E-state index in [1.807, 2.05) is 17.8 Å². The lowest BCUT2D eigenvalue weighted by Crippen LogP contribution is -2.12. The Bertz CT molecular complexity index is 525. The maximum Gasteiger partial charge on any atom is 0.322 e. The number of nitrogens with one attached hydrogen (secondary N) is 1. The highest BCUT2D eigenvalue weighted by atomic mass is 16.5. The standard InChI is InChI=1S/C10H15N7O/c1-17-7(4-6-13-17)3-5-12-9-14-8(11)15-10(16-9)18-2/h4,6H,3,5H2,1-2H3,(H3,11,12,14,15,16). The van der Waals surface area contributed by atoms with Gasteiger partial charge in [0.15, 0.2) is 0 Å². The molecule has 0 aliphatic rings. The molecule has 2 aromatic rings. The van der Waals surface area contributed by atoms with Crippen LogP contribution in [0.25, 0.3) is 0 Å². The largest absolute Gasteiger partial charge is 0.467 e. The highest BCUT2D eigenvalue weighted by Gasteiger charge is 2.04. The van der Waals surface area contributed by atoms with Crippen LogP contribution in [0.5, 0.6) is 6.01 Å². The topological polar surface area (TPSA) is 104 Å². The summed E-state index contributed by atoms with van der Waals surface area (Å²) in [6.07, 6.45) is 2.57. The van der Waals surface area contributed by atoms with Crippen LogP contribution in [-0.4, -0.2) is 38.4 Å². The van der Waals surface area contributed by atoms with E-state index in [1.54, 1.807) is 6.20 Å². The van der Waals surface area contributed by atoms with E-state index in [-0.39, 0.29) is 12.0 Å². The van der Waals surface area contributed by atoms with Crippen LogP contribution in [0.15, 0.2) is 12.3 Å². The minimum Gasteiger partial charge on any atom is -0.467 e. The van der Waals surface area contributed by atoms with Crippen molar-refractivity contribution < 1.29 is 4.74 Å². The number of methoxy groups -OCH3 is 1. The fourth-order valence-corrected chi connectivity index (χ4v) is 1.49. The van der Waals surface area contributed by atoms with Gasteiger partial charge in [0.25, 0.3) is 0 Å². The number of nitrogen functional groups attached to an aromatic ring is 1. The van der Waals surface area contributed by atoms with Crippen LogP contribution in [-0.2, 0) is 13.5 Å². The first-order valence-corrected chi connectivity index (χ1v) is 5.45. The van der Waals surface area contributed by atoms with Gasteiger partial charge in [0, 0.05) is 31.9 Å². The van der Waals surface area contributed by atoms with Crippen molar-refractivity contribution in [1.82, 2.24) is 24.7 Å². The Morgan fingerprint density at radius 1 is 1.39 bits per heavy atom. The van der Waals surface area contributed by atoms with E-state index in [9.17, 15) is 0 Å². The van der Waals surface area contributed by atoms with E-state index < -0.39 is 0 Å². The summed E-state index contributed by atoms with van der Waals surface area (Å²) in [4.78, 5) is 11.8. The zero-order valence-electron chi connectivity index (χ0n) is 10.3. The number of nitrogens with zero attached hydrogens (tertiary/aromatic N) is 5. The lowest BCUT2D eigenvalue weighted by molar-refractivity contribution is 0.379. The predicted molar refractivity (Wildman–Crippen MR) is 66.2 cm³/mol. The average Bonchev–Trinajstić information content (AvgIpc) is 2.74. The minimum absolute atomic E-state index is 0.130. The van der Waals surface area contributed by atoms with Gasteiger partial charge >= 0.3 is 6.01 Å². The Morgan fingerprint density at radius 3 is 2.89 bits per heavy atom. The molecule has 0 unspecified atom stereocenters. The second-order valence-electron chi connectivity index (χ2n) is 3.63. The summed E-state index contributed by atoms with van der Waals surface area (Å²) < 4.78 is 6.73. The maximum atomic E-state index is 5.53. The highest BCUT2D eigenvalue weighted by molar-refractivity contribution is 5.32. The molecule has 2 rings (SSSR count). The molecule has 8 nitrogen and oxygen atoms in total. The molecular weight excluding hydrogens is 234 g/mol. The average molecular weight is 249 g/mol. The molecule has 2 aromatic heterocycles. The molecule has 0 aromatic carbocycles. The van der Waals surface area contributed by atoms with Gasteiger partial charge in [0.1, 0.15) is 0 Å². The monoisotopic (exact) mass is 249 g/mol. The number of anilines is 2. The molecular formula is C10H15N7O. The number of rotatable bonds is 5. The third-order valence-corrected chi connectivity index (χ3v) is 2.40. The van der Waals surface area contributed by atoms with Crippen molar-refractivity contribution in [2.24, 2.45) is 7.05 Å². The summed E-state index contributed by atoms with van der Waals surface area (Å²) in [7, 11) is 3.38. The van der Waals surface area contributed by atoms with Gasteiger partial charge in [-0.15, -0.1) is 0 Å². The second kappa shape index (κ2) is 5.30. The molecule has 0 spiro atoms. The van der Waals surface area contributed by atoms with Crippen LogP contribution >= 0.6 is 0 Å². The third-order valence-electron chi connectivity index (χ3n) is 2.40. The first kappa shape index (κ1) is 12.1. The fourth-order valence-electron chi connectivity index (χ4n) is 1.49. The molecule has 0 atom stereocenters. The maximum absolute atomic E-state index is 5.53. The van der Waals surface area contributed by atoms with Crippen LogP contribution in [0.3, 0.4) is 0 Å². The number of nitrogens with two attached hydrogens (primary N) is 1. The minimum atomic E-state index is 0.130. The molecule has 0 saturated heterocycles. The van der Waals surface area contributed by atoms with Gasteiger partial charge in [0.2, 0.25) is 11.9 Å². The molecule has 0 radical (unpaired) electrons. The number of aromatic nitrogens is 5. The zero-order chi connectivity index (χ0) is 13.0. The van der Waals surface area contributed by atoms with E-state index in [1.165, 1.54) is 7.11 Å². The van der Waals surface area contributed by atoms with Gasteiger partial charge in [-0.1, -0.05) is 0 Å². The van der Waals surface area contributed by atoms with Gasteiger partial charge in [-0.3, -0.25) is 4.68 Å². The third kappa shape index (κ3) is 2.84. The van der Waals surface area contributed by atoms with Crippen LogP contribution < -0.4 is 15.8 Å². The number of ether oxygens (including phenoxy) is 1. The summed E-state index contributed by atoms with van der Waals surface area (Å²) in [5, 5.41) is 7.15. The molecule has 0 aliphatic heterocycles. The molecule has 18 heavy (non-hydrogen) atoms. The molecule has 96 valence electrons. The number of aryl methyl sites for hydroxylation is 1. The number of hydrogen-bond acceptors (Lipinski definition) is 7. The van der Waals surface area contributed by atoms with Crippen molar-refractivity contribution >= 4 is 11.9 Å². The summed E-state index contributed by atoms with van der Waals surface area (Å²) in [6, 6.07) is 2.16. The molecule has 0 aliphatic carbocycles. The van der Waals surface area contributed by atoms with E-state index in [0.717, 1.165) is 12.1 Å². The van der Waals surface area contributed by atoms with E-state index in [4.69, 9.17) is 10.5 Å². The van der Waals surface area contributed by atoms with Crippen LogP contribution in [0.2, 0.25) is 0 Å². The zero-order valence-corrected chi connectivity index (χ0v) is 10.3. The summed E-state index contributed by atoms with van der Waals surface area (Å²) >= 11 is 0. The normalized spacial score (nSPS) is 10.3. The van der Waals surface area contributed by atoms with E-state index in [2.05, 4.69) is 25.4 Å². The Balaban J connectivity index is 1.94. The van der Waals surface area contributed by atoms with Crippen LogP contribution in [0, 0.1) is 0 Å². The van der Waals surface area contributed by atoms with Crippen molar-refractivity contribution in [2.75, 3.05) is 24.7 Å². The van der Waals surface area contributed by atoms with Gasteiger partial charge < -0.3 is 15.8 Å². The lowest BCUT2D eigenvalue weighted by atomic mass is 10.3. The summed E-state index contributed by atoms with van der Waals surface area (Å²) in [5.41, 5.74) is 6.65. The first-order valence-electron chi connectivity index (χ1n) is 5.45. The van der Waals surface area contributed by atoms with Crippen molar-refractivity contribution in [1.29, 1.82) is 0 Å². The Hall–Kier alpha value is -2.38. The van der Waals surface area contributed by atoms with Gasteiger partial charge in [-0.2, -0.15) is 20.1 Å². The predicted octanol–water partition coefficient (Wildman–Crippen LogP) is -0.150. The first-order chi connectivity index (χ1) is 8.69. The summed E-state index contributed by atoms with van der Waals surface area (Å²) in [5.74, 6) is 0.534. The highest BCUT2D eigenvalue weighted by Crippen LogP contribution is 2.08. The van der Waals surface area contributed by atoms with Gasteiger partial charge in [-0.25, -0.2) is 0 Å². The second-order valence-corrected chi connectivity index (χ2v) is 3.63. The quantitative estimate of drug-likeness (QED) is 0.759. The SMILES string of the molecule is COc1nc(N)nc(NCCc2ccnn2C)n1. The molecule has 8 heteroatoms. The van der Waals surface area contributed by atoms with Crippen LogP contribution in [0.1, 0.15) is 5.69 Å². The van der Waals surface area contributed by atoms with E-state index >= 15 is 0 Å². The smallest absolute Gasteiger partial charge is 0.322 e.